The highest BCUT2D eigenvalue weighted by Crippen LogP contribution is 2.29. The van der Waals surface area contributed by atoms with Crippen LogP contribution < -0.4 is 16.0 Å². The number of benzene rings is 1. The predicted molar refractivity (Wildman–Crippen MR) is 143 cm³/mol. The van der Waals surface area contributed by atoms with E-state index >= 15 is 0 Å². The zero-order chi connectivity index (χ0) is 29.3. The Hall–Kier alpha value is -3.61. The number of epoxide rings is 1. The van der Waals surface area contributed by atoms with Crippen LogP contribution in [0.2, 0.25) is 0 Å². The number of nitrogens with one attached hydrogen (secondary N) is 3. The van der Waals surface area contributed by atoms with E-state index in [1.165, 1.54) is 20.3 Å². The Morgan fingerprint density at radius 1 is 0.975 bits per heavy atom. The number of hydrogen-bond acceptors (Lipinski definition) is 9. The Kier molecular flexibility index (Phi) is 10.9. The summed E-state index contributed by atoms with van der Waals surface area (Å²) in [6.07, 6.45) is 0.576. The first-order valence-corrected chi connectivity index (χ1v) is 13.1. The molecule has 0 unspecified atom stereocenters. The van der Waals surface area contributed by atoms with Crippen LogP contribution in [0.3, 0.4) is 0 Å². The maximum atomic E-state index is 13.5. The van der Waals surface area contributed by atoms with Crippen LogP contribution in [0.1, 0.15) is 49.0 Å². The van der Waals surface area contributed by atoms with Crippen molar-refractivity contribution in [3.05, 3.63) is 53.4 Å². The Labute approximate surface area is 233 Å². The third kappa shape index (κ3) is 8.70. The standard InChI is InChI=1S/C28H38N4O8/c1-17(2)11-20(24(33)28(3)16-39-28)29-25(34)21(12-18-9-7-6-8-10-18)30-27(36)23(15-38-5)31-26(35)22-13-19(14-37-4)40-32-22/h6-10,13,17,20-21,23H,11-12,14-16H2,1-5H3,(H,29,34)(H,30,36)(H,31,35)/t20-,21-,23-,28+/m0/s1. The second-order valence-corrected chi connectivity index (χ2v) is 10.4. The minimum absolute atomic E-state index is 0.0367. The second-order valence-electron chi connectivity index (χ2n) is 10.4. The maximum Gasteiger partial charge on any atom is 0.274 e. The quantitative estimate of drug-likeness (QED) is 0.257. The van der Waals surface area contributed by atoms with E-state index < -0.39 is 41.4 Å². The fraction of sp³-hybridized carbons (Fsp3) is 0.536. The zero-order valence-corrected chi connectivity index (χ0v) is 23.5. The summed E-state index contributed by atoms with van der Waals surface area (Å²) in [5.41, 5.74) is -0.151. The molecule has 218 valence electrons. The van der Waals surface area contributed by atoms with Crippen molar-refractivity contribution in [3.63, 3.8) is 0 Å². The summed E-state index contributed by atoms with van der Waals surface area (Å²) in [5, 5.41) is 11.8. The lowest BCUT2D eigenvalue weighted by molar-refractivity contribution is -0.133. The van der Waals surface area contributed by atoms with Gasteiger partial charge in [-0.1, -0.05) is 49.3 Å². The first-order chi connectivity index (χ1) is 19.1. The van der Waals surface area contributed by atoms with Crippen molar-refractivity contribution in [2.75, 3.05) is 27.4 Å². The van der Waals surface area contributed by atoms with Gasteiger partial charge in [0.2, 0.25) is 11.8 Å². The van der Waals surface area contributed by atoms with E-state index in [0.29, 0.717) is 18.8 Å². The van der Waals surface area contributed by atoms with E-state index in [9.17, 15) is 19.2 Å². The van der Waals surface area contributed by atoms with Crippen molar-refractivity contribution >= 4 is 23.5 Å². The number of carbonyl (C=O) groups is 4. The minimum atomic E-state index is -1.14. The summed E-state index contributed by atoms with van der Waals surface area (Å²) in [6.45, 7) is 5.88. The van der Waals surface area contributed by atoms with Crippen LogP contribution in [0.25, 0.3) is 0 Å². The average Bonchev–Trinajstić information content (AvgIpc) is 3.49. The molecule has 1 aliphatic rings. The number of nitrogens with zero attached hydrogens (tertiary/aromatic N) is 1. The highest BCUT2D eigenvalue weighted by molar-refractivity contribution is 5.99. The summed E-state index contributed by atoms with van der Waals surface area (Å²) in [5.74, 6) is -1.56. The molecule has 3 N–H and O–H groups in total. The topological polar surface area (TPSA) is 161 Å². The van der Waals surface area contributed by atoms with E-state index in [1.54, 1.807) is 6.92 Å². The van der Waals surface area contributed by atoms with Crippen LogP contribution in [0.5, 0.6) is 0 Å². The number of ketones is 1. The van der Waals surface area contributed by atoms with Gasteiger partial charge in [-0.15, -0.1) is 0 Å². The number of hydrogen-bond donors (Lipinski definition) is 3. The fourth-order valence-corrected chi connectivity index (χ4v) is 4.14. The number of carbonyl (C=O) groups excluding carboxylic acids is 4. The van der Waals surface area contributed by atoms with Crippen molar-refractivity contribution in [2.45, 2.75) is 63.9 Å². The number of aromatic nitrogens is 1. The molecule has 1 aromatic heterocycles. The van der Waals surface area contributed by atoms with Gasteiger partial charge in [0.05, 0.1) is 19.3 Å². The molecule has 3 amide bonds. The van der Waals surface area contributed by atoms with Gasteiger partial charge in [0.25, 0.3) is 5.91 Å². The molecule has 0 bridgehead atoms. The van der Waals surface area contributed by atoms with Gasteiger partial charge in [-0.2, -0.15) is 0 Å². The van der Waals surface area contributed by atoms with E-state index in [-0.39, 0.29) is 37.0 Å². The average molecular weight is 559 g/mol. The Bertz CT molecular complexity index is 1160. The number of methoxy groups -OCH3 is 2. The first kappa shape index (κ1) is 30.9. The van der Waals surface area contributed by atoms with Crippen LogP contribution in [0.4, 0.5) is 0 Å². The highest BCUT2D eigenvalue weighted by Gasteiger charge is 2.50. The van der Waals surface area contributed by atoms with Crippen molar-refractivity contribution < 1.29 is 37.9 Å². The summed E-state index contributed by atoms with van der Waals surface area (Å²) in [7, 11) is 2.86. The molecule has 0 spiro atoms. The van der Waals surface area contributed by atoms with Gasteiger partial charge in [0, 0.05) is 26.7 Å². The van der Waals surface area contributed by atoms with Crippen LogP contribution in [0.15, 0.2) is 40.9 Å². The van der Waals surface area contributed by atoms with Crippen molar-refractivity contribution in [1.82, 2.24) is 21.1 Å². The van der Waals surface area contributed by atoms with E-state index in [4.69, 9.17) is 18.7 Å². The van der Waals surface area contributed by atoms with Crippen LogP contribution in [-0.4, -0.2) is 79.8 Å². The number of rotatable bonds is 16. The fourth-order valence-electron chi connectivity index (χ4n) is 4.14. The number of amides is 3. The second kappa shape index (κ2) is 14.1. The molecule has 0 aliphatic carbocycles. The van der Waals surface area contributed by atoms with Crippen molar-refractivity contribution in [2.24, 2.45) is 5.92 Å². The normalized spacial score (nSPS) is 18.4. The molecule has 2 heterocycles. The van der Waals surface area contributed by atoms with Gasteiger partial charge in [-0.05, 0) is 24.8 Å². The Balaban J connectivity index is 1.77. The lowest BCUT2D eigenvalue weighted by atomic mass is 9.93. The smallest absolute Gasteiger partial charge is 0.274 e. The molecule has 12 nitrogen and oxygen atoms in total. The lowest BCUT2D eigenvalue weighted by Crippen LogP contribution is -2.58. The highest BCUT2D eigenvalue weighted by atomic mass is 16.6. The minimum Gasteiger partial charge on any atom is -0.382 e. The molecular weight excluding hydrogens is 520 g/mol. The molecule has 1 saturated heterocycles. The molecule has 3 rings (SSSR count). The molecule has 1 aliphatic heterocycles. The summed E-state index contributed by atoms with van der Waals surface area (Å²) >= 11 is 0. The van der Waals surface area contributed by atoms with Gasteiger partial charge in [-0.3, -0.25) is 19.2 Å². The molecule has 0 saturated carbocycles. The zero-order valence-electron chi connectivity index (χ0n) is 23.5. The van der Waals surface area contributed by atoms with Gasteiger partial charge in [-0.25, -0.2) is 0 Å². The third-order valence-corrected chi connectivity index (χ3v) is 6.39. The summed E-state index contributed by atoms with van der Waals surface area (Å²) in [6, 6.07) is 7.60. The molecule has 12 heteroatoms. The predicted octanol–water partition coefficient (Wildman–Crippen LogP) is 1.18. The summed E-state index contributed by atoms with van der Waals surface area (Å²) in [4.78, 5) is 52.7. The Morgan fingerprint density at radius 3 is 2.23 bits per heavy atom. The van der Waals surface area contributed by atoms with Crippen molar-refractivity contribution in [3.8, 4) is 0 Å². The largest absolute Gasteiger partial charge is 0.382 e. The summed E-state index contributed by atoms with van der Waals surface area (Å²) < 4.78 is 20.5. The molecule has 2 aromatic rings. The van der Waals surface area contributed by atoms with E-state index in [2.05, 4.69) is 21.1 Å². The molecule has 0 radical (unpaired) electrons. The van der Waals surface area contributed by atoms with Crippen LogP contribution in [-0.2, 0) is 41.6 Å². The van der Waals surface area contributed by atoms with Gasteiger partial charge in [0.1, 0.15) is 24.3 Å². The van der Waals surface area contributed by atoms with Crippen molar-refractivity contribution in [1.29, 1.82) is 0 Å². The Morgan fingerprint density at radius 2 is 1.62 bits per heavy atom. The molecule has 1 aromatic carbocycles. The molecule has 40 heavy (non-hydrogen) atoms. The molecule has 1 fully saturated rings. The van der Waals surface area contributed by atoms with Crippen LogP contribution >= 0.6 is 0 Å². The number of ether oxygens (including phenoxy) is 3. The van der Waals surface area contributed by atoms with Crippen LogP contribution in [0, 0.1) is 5.92 Å². The number of Topliss-reactive ketones (excluding diaryl/α,β-unsaturated/α-hetero) is 1. The molecular formula is C28H38N4O8. The maximum absolute atomic E-state index is 13.5. The third-order valence-electron chi connectivity index (χ3n) is 6.39. The van der Waals surface area contributed by atoms with E-state index in [1.807, 2.05) is 44.2 Å². The SMILES string of the molecule is COCc1cc(C(=O)N[C@@H](COC)C(=O)N[C@@H](Cc2ccccc2)C(=O)N[C@@H](CC(C)C)C(=O)[C@@]2(C)CO2)no1. The monoisotopic (exact) mass is 558 g/mol. The van der Waals surface area contributed by atoms with E-state index in [0.717, 1.165) is 5.56 Å². The first-order valence-electron chi connectivity index (χ1n) is 13.1. The lowest BCUT2D eigenvalue weighted by Gasteiger charge is -2.26. The van der Waals surface area contributed by atoms with Gasteiger partial charge < -0.3 is 34.7 Å². The van der Waals surface area contributed by atoms with Gasteiger partial charge >= 0.3 is 0 Å². The van der Waals surface area contributed by atoms with Gasteiger partial charge in [0.15, 0.2) is 17.2 Å². The molecule has 4 atom stereocenters.